The molecular formula is C8H16O3. The standard InChI is InChI=1S/3C2H4O.C2H4/c3*1-2-3-1;1-2/h3*1-2H2;1-2H2. The van der Waals surface area contributed by atoms with Gasteiger partial charge in [-0.15, -0.1) is 13.2 Å². The van der Waals surface area contributed by atoms with Crippen molar-refractivity contribution in [2.45, 2.75) is 0 Å². The van der Waals surface area contributed by atoms with Crippen LogP contribution < -0.4 is 0 Å². The fourth-order valence-electron chi connectivity index (χ4n) is 0. The van der Waals surface area contributed by atoms with E-state index in [9.17, 15) is 0 Å². The zero-order valence-corrected chi connectivity index (χ0v) is 6.88. The van der Waals surface area contributed by atoms with Gasteiger partial charge in [0.1, 0.15) is 0 Å². The highest BCUT2D eigenvalue weighted by Crippen LogP contribution is 1.85. The topological polar surface area (TPSA) is 37.6 Å². The second-order valence-corrected chi connectivity index (χ2v) is 1.84. The van der Waals surface area contributed by atoms with Gasteiger partial charge in [0.15, 0.2) is 0 Å². The average Bonchev–Trinajstić information content (AvgIpc) is 2.99. The van der Waals surface area contributed by atoms with Crippen molar-refractivity contribution in [1.29, 1.82) is 0 Å². The van der Waals surface area contributed by atoms with Crippen LogP contribution in [0.3, 0.4) is 0 Å². The Kier molecular flexibility index (Phi) is 9.29. The third kappa shape index (κ3) is 81.4. The molecule has 3 aliphatic rings. The molecule has 3 fully saturated rings. The Bertz CT molecular complexity index is 47.2. The molecule has 3 heterocycles. The molecule has 3 saturated heterocycles. The molecule has 0 aromatic carbocycles. The Labute approximate surface area is 67.9 Å². The highest BCUT2D eigenvalue weighted by Gasteiger charge is 1.94. The molecular weight excluding hydrogens is 144 g/mol. The molecule has 0 N–H and O–H groups in total. The van der Waals surface area contributed by atoms with Crippen LogP contribution in [0.5, 0.6) is 0 Å². The molecule has 3 heteroatoms. The predicted molar refractivity (Wildman–Crippen MR) is 43.7 cm³/mol. The number of hydrogen-bond acceptors (Lipinski definition) is 3. The predicted octanol–water partition coefficient (Wildman–Crippen LogP) is 0.852. The smallest absolute Gasteiger partial charge is 0.0701 e. The third-order valence-corrected chi connectivity index (χ3v) is 0.612. The van der Waals surface area contributed by atoms with Gasteiger partial charge in [-0.05, 0) is 0 Å². The molecule has 0 aliphatic carbocycles. The lowest BCUT2D eigenvalue weighted by Crippen LogP contribution is -1.20. The van der Waals surface area contributed by atoms with Crippen LogP contribution >= 0.6 is 0 Å². The molecule has 0 atom stereocenters. The molecule has 0 spiro atoms. The Morgan fingerprint density at radius 3 is 0.636 bits per heavy atom. The van der Waals surface area contributed by atoms with E-state index in [0.29, 0.717) is 0 Å². The summed E-state index contributed by atoms with van der Waals surface area (Å²) in [5.74, 6) is 0. The summed E-state index contributed by atoms with van der Waals surface area (Å²) >= 11 is 0. The molecule has 0 radical (unpaired) electrons. The van der Waals surface area contributed by atoms with E-state index in [1.165, 1.54) is 0 Å². The maximum Gasteiger partial charge on any atom is 0.0701 e. The molecule has 0 unspecified atom stereocenters. The summed E-state index contributed by atoms with van der Waals surface area (Å²) in [5, 5.41) is 0. The van der Waals surface area contributed by atoms with E-state index >= 15 is 0 Å². The van der Waals surface area contributed by atoms with Crippen molar-refractivity contribution in [2.24, 2.45) is 0 Å². The molecule has 0 aromatic rings. The normalized spacial score (nSPS) is 20.0. The van der Waals surface area contributed by atoms with E-state index in [2.05, 4.69) is 27.4 Å². The Morgan fingerprint density at radius 2 is 0.636 bits per heavy atom. The minimum Gasteiger partial charge on any atom is -0.377 e. The fourth-order valence-corrected chi connectivity index (χ4v) is 0. The summed E-state index contributed by atoms with van der Waals surface area (Å²) in [6.45, 7) is 12.0. The summed E-state index contributed by atoms with van der Waals surface area (Å²) in [6.07, 6.45) is 0. The Morgan fingerprint density at radius 1 is 0.545 bits per heavy atom. The third-order valence-electron chi connectivity index (χ3n) is 0.612. The van der Waals surface area contributed by atoms with Crippen LogP contribution in [-0.2, 0) is 14.2 Å². The second-order valence-electron chi connectivity index (χ2n) is 1.84. The van der Waals surface area contributed by atoms with Crippen molar-refractivity contribution in [1.82, 2.24) is 0 Å². The van der Waals surface area contributed by atoms with Crippen molar-refractivity contribution < 1.29 is 14.2 Å². The van der Waals surface area contributed by atoms with Crippen molar-refractivity contribution in [2.75, 3.05) is 39.6 Å². The van der Waals surface area contributed by atoms with Gasteiger partial charge in [0.2, 0.25) is 0 Å². The zero-order chi connectivity index (χ0) is 8.36. The van der Waals surface area contributed by atoms with E-state index in [4.69, 9.17) is 0 Å². The first-order valence-corrected chi connectivity index (χ1v) is 3.73. The fraction of sp³-hybridized carbons (Fsp3) is 0.750. The van der Waals surface area contributed by atoms with Gasteiger partial charge in [-0.2, -0.15) is 0 Å². The summed E-state index contributed by atoms with van der Waals surface area (Å²) in [5.41, 5.74) is 0. The largest absolute Gasteiger partial charge is 0.377 e. The van der Waals surface area contributed by atoms with Gasteiger partial charge in [-0.1, -0.05) is 0 Å². The first-order chi connectivity index (χ1) is 5.50. The molecule has 3 aliphatic heterocycles. The molecule has 3 rings (SSSR count). The van der Waals surface area contributed by atoms with Crippen LogP contribution in [0.25, 0.3) is 0 Å². The molecule has 3 nitrogen and oxygen atoms in total. The summed E-state index contributed by atoms with van der Waals surface area (Å²) in [7, 11) is 0. The Hall–Kier alpha value is -0.380. The molecule has 66 valence electrons. The second kappa shape index (κ2) is 9.62. The summed E-state index contributed by atoms with van der Waals surface area (Å²) in [4.78, 5) is 0. The van der Waals surface area contributed by atoms with E-state index < -0.39 is 0 Å². The SMILES string of the molecule is C1CO1.C1CO1.C1CO1.C=C. The monoisotopic (exact) mass is 160 g/mol. The molecule has 0 saturated carbocycles. The van der Waals surface area contributed by atoms with Crippen LogP contribution in [0.2, 0.25) is 0 Å². The highest BCUT2D eigenvalue weighted by atomic mass is 16.6. The van der Waals surface area contributed by atoms with E-state index in [1.54, 1.807) is 0 Å². The van der Waals surface area contributed by atoms with Crippen LogP contribution in [0.15, 0.2) is 13.2 Å². The van der Waals surface area contributed by atoms with E-state index in [1.807, 2.05) is 0 Å². The van der Waals surface area contributed by atoms with Gasteiger partial charge >= 0.3 is 0 Å². The number of hydrogen-bond donors (Lipinski definition) is 0. The van der Waals surface area contributed by atoms with Crippen molar-refractivity contribution in [3.05, 3.63) is 13.2 Å². The lowest BCUT2D eigenvalue weighted by Gasteiger charge is -1.24. The van der Waals surface area contributed by atoms with E-state index in [-0.39, 0.29) is 0 Å². The van der Waals surface area contributed by atoms with Gasteiger partial charge in [-0.3, -0.25) is 0 Å². The first-order valence-electron chi connectivity index (χ1n) is 3.73. The van der Waals surface area contributed by atoms with Crippen LogP contribution in [-0.4, -0.2) is 39.6 Å². The minimum absolute atomic E-state index is 1.00. The van der Waals surface area contributed by atoms with Crippen molar-refractivity contribution in [3.8, 4) is 0 Å². The Balaban J connectivity index is 0.000000124. The van der Waals surface area contributed by atoms with Gasteiger partial charge in [0, 0.05) is 0 Å². The van der Waals surface area contributed by atoms with Crippen LogP contribution in [0.1, 0.15) is 0 Å². The molecule has 0 bridgehead atoms. The minimum atomic E-state index is 1.00. The summed E-state index contributed by atoms with van der Waals surface area (Å²) in [6, 6.07) is 0. The van der Waals surface area contributed by atoms with Crippen LogP contribution in [0, 0.1) is 0 Å². The van der Waals surface area contributed by atoms with Gasteiger partial charge < -0.3 is 14.2 Å². The number of epoxide rings is 3. The molecule has 0 amide bonds. The average molecular weight is 160 g/mol. The van der Waals surface area contributed by atoms with Gasteiger partial charge in [-0.25, -0.2) is 0 Å². The van der Waals surface area contributed by atoms with Gasteiger partial charge in [0.05, 0.1) is 39.6 Å². The first kappa shape index (κ1) is 10.6. The summed E-state index contributed by atoms with van der Waals surface area (Å²) < 4.78 is 13.5. The number of rotatable bonds is 0. The lowest BCUT2D eigenvalue weighted by molar-refractivity contribution is 0.475. The van der Waals surface area contributed by atoms with Crippen molar-refractivity contribution in [3.63, 3.8) is 0 Å². The maximum atomic E-state index is 4.50. The maximum absolute atomic E-state index is 4.50. The van der Waals surface area contributed by atoms with Crippen molar-refractivity contribution >= 4 is 0 Å². The zero-order valence-electron chi connectivity index (χ0n) is 6.88. The van der Waals surface area contributed by atoms with Crippen LogP contribution in [0.4, 0.5) is 0 Å². The van der Waals surface area contributed by atoms with Gasteiger partial charge in [0.25, 0.3) is 0 Å². The number of ether oxygens (including phenoxy) is 3. The molecule has 0 aromatic heterocycles. The highest BCUT2D eigenvalue weighted by molar-refractivity contribution is 4.37. The quantitative estimate of drug-likeness (QED) is 0.389. The van der Waals surface area contributed by atoms with E-state index in [0.717, 1.165) is 39.6 Å². The lowest BCUT2D eigenvalue weighted by atomic mass is 11.0. The molecule has 11 heavy (non-hydrogen) atoms.